The molecule has 146 valence electrons. The summed E-state index contributed by atoms with van der Waals surface area (Å²) in [6.07, 6.45) is 1.76. The lowest BCUT2D eigenvalue weighted by Gasteiger charge is -2.20. The fourth-order valence-electron chi connectivity index (χ4n) is 2.98. The Morgan fingerprint density at radius 1 is 1.00 bits per heavy atom. The van der Waals surface area contributed by atoms with E-state index in [4.69, 9.17) is 23.2 Å². The molecule has 0 unspecified atom stereocenters. The Hall–Kier alpha value is -1.95. The number of hydrogen-bond acceptors (Lipinski definition) is 4. The molecule has 3 rings (SSSR count). The van der Waals surface area contributed by atoms with Crippen LogP contribution in [0.15, 0.2) is 47.4 Å². The molecule has 1 aliphatic rings. The molecule has 2 aromatic rings. The van der Waals surface area contributed by atoms with Crippen LogP contribution < -0.4 is 4.90 Å². The van der Waals surface area contributed by atoms with Gasteiger partial charge in [0.05, 0.1) is 21.5 Å². The van der Waals surface area contributed by atoms with Crippen LogP contribution in [0.3, 0.4) is 0 Å². The number of carbonyl (C=O) groups is 2. The smallest absolute Gasteiger partial charge is 0.293 e. The van der Waals surface area contributed by atoms with Crippen molar-refractivity contribution in [2.75, 3.05) is 18.0 Å². The Kier molecular flexibility index (Phi) is 6.70. The van der Waals surface area contributed by atoms with Crippen LogP contribution in [-0.2, 0) is 11.3 Å². The number of halogens is 2. The van der Waals surface area contributed by atoms with E-state index in [2.05, 4.69) is 18.7 Å². The van der Waals surface area contributed by atoms with Gasteiger partial charge in [0.25, 0.3) is 11.1 Å². The normalized spacial score (nSPS) is 15.6. The highest BCUT2D eigenvalue weighted by Gasteiger charge is 2.35. The molecule has 2 aromatic carbocycles. The molecule has 1 saturated heterocycles. The van der Waals surface area contributed by atoms with E-state index in [1.54, 1.807) is 24.3 Å². The number of anilines is 1. The lowest BCUT2D eigenvalue weighted by atomic mass is 10.1. The number of rotatable bonds is 6. The zero-order chi connectivity index (χ0) is 20.3. The van der Waals surface area contributed by atoms with E-state index >= 15 is 0 Å². The molecule has 0 N–H and O–H groups in total. The van der Waals surface area contributed by atoms with Crippen molar-refractivity contribution >= 4 is 57.9 Å². The Balaban J connectivity index is 1.76. The number of hydrogen-bond donors (Lipinski definition) is 0. The van der Waals surface area contributed by atoms with Crippen molar-refractivity contribution in [1.82, 2.24) is 4.90 Å². The Labute approximate surface area is 179 Å². The highest BCUT2D eigenvalue weighted by molar-refractivity contribution is 8.18. The van der Waals surface area contributed by atoms with Crippen LogP contribution >= 0.6 is 35.0 Å². The van der Waals surface area contributed by atoms with Gasteiger partial charge in [0.15, 0.2) is 0 Å². The summed E-state index contributed by atoms with van der Waals surface area (Å²) in [7, 11) is 0. The van der Waals surface area contributed by atoms with Crippen LogP contribution in [-0.4, -0.2) is 29.1 Å². The minimum Gasteiger partial charge on any atom is -0.372 e. The molecule has 0 atom stereocenters. The van der Waals surface area contributed by atoms with E-state index in [-0.39, 0.29) is 17.7 Å². The molecular weight excluding hydrogens is 415 g/mol. The van der Waals surface area contributed by atoms with E-state index in [0.29, 0.717) is 15.0 Å². The standard InChI is InChI=1S/C21H20Cl2N2O2S/c1-3-24(4-2)16-8-5-14(6-9-16)12-19-20(26)25(21(27)28-19)13-15-7-10-17(22)18(23)11-15/h5-12H,3-4,13H2,1-2H3/b19-12-. The second-order valence-corrected chi connectivity index (χ2v) is 8.09. The van der Waals surface area contributed by atoms with Crippen LogP contribution in [0.5, 0.6) is 0 Å². The maximum absolute atomic E-state index is 12.7. The molecule has 1 heterocycles. The van der Waals surface area contributed by atoms with Crippen LogP contribution in [0, 0.1) is 0 Å². The molecule has 7 heteroatoms. The molecule has 0 radical (unpaired) electrons. The van der Waals surface area contributed by atoms with Crippen molar-refractivity contribution in [3.8, 4) is 0 Å². The second-order valence-electron chi connectivity index (χ2n) is 6.28. The third-order valence-corrected chi connectivity index (χ3v) is 6.16. The van der Waals surface area contributed by atoms with Crippen molar-refractivity contribution in [3.63, 3.8) is 0 Å². The number of benzene rings is 2. The van der Waals surface area contributed by atoms with Crippen molar-refractivity contribution < 1.29 is 9.59 Å². The molecule has 28 heavy (non-hydrogen) atoms. The number of imide groups is 1. The molecule has 0 saturated carbocycles. The number of thioether (sulfide) groups is 1. The molecule has 0 bridgehead atoms. The fourth-order valence-corrected chi connectivity index (χ4v) is 4.14. The van der Waals surface area contributed by atoms with Gasteiger partial charge in [-0.2, -0.15) is 0 Å². The van der Waals surface area contributed by atoms with Crippen LogP contribution in [0.25, 0.3) is 6.08 Å². The molecule has 1 fully saturated rings. The van der Waals surface area contributed by atoms with Crippen LogP contribution in [0.1, 0.15) is 25.0 Å². The van der Waals surface area contributed by atoms with Crippen molar-refractivity contribution in [2.24, 2.45) is 0 Å². The third-order valence-electron chi connectivity index (χ3n) is 4.52. The van der Waals surface area contributed by atoms with Gasteiger partial charge in [0.1, 0.15) is 0 Å². The van der Waals surface area contributed by atoms with Gasteiger partial charge >= 0.3 is 0 Å². The molecule has 0 aliphatic carbocycles. The Morgan fingerprint density at radius 3 is 2.29 bits per heavy atom. The van der Waals surface area contributed by atoms with Gasteiger partial charge in [-0.05, 0) is 67.1 Å². The summed E-state index contributed by atoms with van der Waals surface area (Å²) in [5.41, 5.74) is 2.77. The lowest BCUT2D eigenvalue weighted by Crippen LogP contribution is -2.27. The van der Waals surface area contributed by atoms with Crippen molar-refractivity contribution in [2.45, 2.75) is 20.4 Å². The number of amides is 2. The maximum Gasteiger partial charge on any atom is 0.293 e. The van der Waals surface area contributed by atoms with Gasteiger partial charge in [0.2, 0.25) is 0 Å². The largest absolute Gasteiger partial charge is 0.372 e. The fraction of sp³-hybridized carbons (Fsp3) is 0.238. The van der Waals surface area contributed by atoms with Gasteiger partial charge < -0.3 is 4.90 Å². The number of carbonyl (C=O) groups excluding carboxylic acids is 2. The van der Waals surface area contributed by atoms with Crippen molar-refractivity contribution in [1.29, 1.82) is 0 Å². The van der Waals surface area contributed by atoms with E-state index < -0.39 is 0 Å². The summed E-state index contributed by atoms with van der Waals surface area (Å²) in [5.74, 6) is -0.297. The first-order valence-corrected chi connectivity index (χ1v) is 10.5. The quantitative estimate of drug-likeness (QED) is 0.516. The average Bonchev–Trinajstić information content (AvgIpc) is 2.94. The lowest BCUT2D eigenvalue weighted by molar-refractivity contribution is -0.123. The molecule has 4 nitrogen and oxygen atoms in total. The Bertz CT molecular complexity index is 925. The van der Waals surface area contributed by atoms with E-state index in [1.165, 1.54) is 4.90 Å². The Morgan fingerprint density at radius 2 is 1.68 bits per heavy atom. The van der Waals surface area contributed by atoms with E-state index in [9.17, 15) is 9.59 Å². The third kappa shape index (κ3) is 4.54. The van der Waals surface area contributed by atoms with E-state index in [1.807, 2.05) is 24.3 Å². The molecular formula is C21H20Cl2N2O2S. The van der Waals surface area contributed by atoms with Gasteiger partial charge in [-0.3, -0.25) is 14.5 Å². The van der Waals surface area contributed by atoms with Gasteiger partial charge in [0, 0.05) is 18.8 Å². The summed E-state index contributed by atoms with van der Waals surface area (Å²) in [6, 6.07) is 13.1. The molecule has 0 spiro atoms. The van der Waals surface area contributed by atoms with Gasteiger partial charge in [-0.25, -0.2) is 0 Å². The first-order valence-electron chi connectivity index (χ1n) is 8.97. The van der Waals surface area contributed by atoms with Gasteiger partial charge in [-0.1, -0.05) is 41.4 Å². The van der Waals surface area contributed by atoms with Crippen LogP contribution in [0.2, 0.25) is 10.0 Å². The average molecular weight is 435 g/mol. The number of nitrogens with zero attached hydrogens (tertiary/aromatic N) is 2. The highest BCUT2D eigenvalue weighted by atomic mass is 35.5. The van der Waals surface area contributed by atoms with Crippen molar-refractivity contribution in [3.05, 3.63) is 68.5 Å². The maximum atomic E-state index is 12.7. The predicted octanol–water partition coefficient (Wildman–Crippen LogP) is 6.08. The summed E-state index contributed by atoms with van der Waals surface area (Å²) in [5, 5.41) is 0.546. The molecule has 0 aromatic heterocycles. The first-order chi connectivity index (χ1) is 13.4. The van der Waals surface area contributed by atoms with Crippen LogP contribution in [0.4, 0.5) is 10.5 Å². The monoisotopic (exact) mass is 434 g/mol. The zero-order valence-electron chi connectivity index (χ0n) is 15.6. The molecule has 2 amide bonds. The summed E-state index contributed by atoms with van der Waals surface area (Å²) in [4.78, 5) is 28.9. The highest BCUT2D eigenvalue weighted by Crippen LogP contribution is 2.34. The van der Waals surface area contributed by atoms with E-state index in [0.717, 1.165) is 41.7 Å². The summed E-state index contributed by atoms with van der Waals surface area (Å²) in [6.45, 7) is 6.26. The minimum absolute atomic E-state index is 0.166. The van der Waals surface area contributed by atoms with Gasteiger partial charge in [-0.15, -0.1) is 0 Å². The SMILES string of the molecule is CCN(CC)c1ccc(/C=C2\SC(=O)N(Cc3ccc(Cl)c(Cl)c3)C2=O)cc1. The minimum atomic E-state index is -0.297. The summed E-state index contributed by atoms with van der Waals surface area (Å²) < 4.78 is 0. The predicted molar refractivity (Wildman–Crippen MR) is 118 cm³/mol. The molecule has 1 aliphatic heterocycles. The zero-order valence-corrected chi connectivity index (χ0v) is 17.9. The second kappa shape index (κ2) is 9.03. The first kappa shape index (κ1) is 20.8. The summed E-state index contributed by atoms with van der Waals surface area (Å²) >= 11 is 12.9. The topological polar surface area (TPSA) is 40.6 Å².